The predicted molar refractivity (Wildman–Crippen MR) is 132 cm³/mol. The Labute approximate surface area is 193 Å². The Morgan fingerprint density at radius 2 is 1.59 bits per heavy atom. The fourth-order valence-corrected chi connectivity index (χ4v) is 4.04. The molecular weight excluding hydrogens is 426 g/mol. The molecule has 0 saturated carbocycles. The summed E-state index contributed by atoms with van der Waals surface area (Å²) in [5.74, 6) is 0. The van der Waals surface area contributed by atoms with Crippen LogP contribution in [0.5, 0.6) is 0 Å². The lowest BCUT2D eigenvalue weighted by Crippen LogP contribution is -2.23. The van der Waals surface area contributed by atoms with Crippen molar-refractivity contribution < 1.29 is 0 Å². The number of H-pyrrole nitrogens is 1. The first-order valence-corrected chi connectivity index (χ1v) is 10.7. The van der Waals surface area contributed by atoms with Crippen molar-refractivity contribution in [2.45, 2.75) is 0 Å². The van der Waals surface area contributed by atoms with Crippen molar-refractivity contribution in [1.82, 2.24) is 24.5 Å². The maximum absolute atomic E-state index is 13.4. The molecule has 34 heavy (non-hydrogen) atoms. The van der Waals surface area contributed by atoms with Gasteiger partial charge in [0.15, 0.2) is 11.2 Å². The molecule has 0 aliphatic carbocycles. The monoisotopic (exact) mass is 443 g/mol. The van der Waals surface area contributed by atoms with Gasteiger partial charge in [0.25, 0.3) is 5.56 Å². The van der Waals surface area contributed by atoms with E-state index in [1.807, 2.05) is 60.7 Å². The van der Waals surface area contributed by atoms with Crippen molar-refractivity contribution in [1.29, 1.82) is 0 Å². The highest BCUT2D eigenvalue weighted by atomic mass is 16.1. The molecule has 0 saturated heterocycles. The van der Waals surface area contributed by atoms with Gasteiger partial charge in [-0.2, -0.15) is 0 Å². The minimum atomic E-state index is -0.377. The molecule has 0 atom stereocenters. The number of benzene rings is 2. The molecule has 0 bridgehead atoms. The van der Waals surface area contributed by atoms with Gasteiger partial charge in [-0.25, -0.2) is 9.97 Å². The van der Waals surface area contributed by atoms with Gasteiger partial charge in [0.05, 0.1) is 16.9 Å². The quantitative estimate of drug-likeness (QED) is 0.439. The Kier molecular flexibility index (Phi) is 4.59. The topological polar surface area (TPSA) is 93.5 Å². The van der Waals surface area contributed by atoms with Crippen LogP contribution in [-0.4, -0.2) is 24.5 Å². The zero-order chi connectivity index (χ0) is 23.1. The fourth-order valence-electron chi connectivity index (χ4n) is 4.04. The van der Waals surface area contributed by atoms with Crippen LogP contribution in [0.15, 0.2) is 107 Å². The molecule has 162 valence electrons. The molecule has 0 spiro atoms. The molecule has 0 amide bonds. The lowest BCUT2D eigenvalue weighted by molar-refractivity contribution is 0.970. The van der Waals surface area contributed by atoms with Crippen molar-refractivity contribution in [2.24, 2.45) is 0 Å². The summed E-state index contributed by atoms with van der Waals surface area (Å²) in [6.07, 6.45) is 4.80. The first-order valence-electron chi connectivity index (χ1n) is 10.7. The standard InChI is InChI=1S/C27H17N5O2/c33-22-10-4-5-14-32(22)21-16-29-27-25(26(21)34)30-24(23(31-27)17-7-2-1-3-8-17)19-11-12-20-18(15-19)9-6-13-28-20/h1-16H,(H,29,31,34). The predicted octanol–water partition coefficient (Wildman–Crippen LogP) is 4.35. The minimum absolute atomic E-state index is 0.161. The average molecular weight is 443 g/mol. The molecule has 0 fully saturated rings. The van der Waals surface area contributed by atoms with Gasteiger partial charge < -0.3 is 4.98 Å². The second kappa shape index (κ2) is 7.90. The second-order valence-corrected chi connectivity index (χ2v) is 7.81. The summed E-state index contributed by atoms with van der Waals surface area (Å²) in [5.41, 5.74) is 3.80. The average Bonchev–Trinajstić information content (AvgIpc) is 2.89. The summed E-state index contributed by atoms with van der Waals surface area (Å²) >= 11 is 0. The molecule has 0 aliphatic heterocycles. The van der Waals surface area contributed by atoms with Crippen LogP contribution >= 0.6 is 0 Å². The van der Waals surface area contributed by atoms with Crippen LogP contribution in [0, 0.1) is 0 Å². The van der Waals surface area contributed by atoms with Gasteiger partial charge in [-0.05, 0) is 24.3 Å². The summed E-state index contributed by atoms with van der Waals surface area (Å²) < 4.78 is 1.30. The maximum Gasteiger partial charge on any atom is 0.255 e. The third-order valence-electron chi connectivity index (χ3n) is 5.69. The van der Waals surface area contributed by atoms with Gasteiger partial charge in [-0.1, -0.05) is 48.5 Å². The first kappa shape index (κ1) is 19.8. The summed E-state index contributed by atoms with van der Waals surface area (Å²) in [7, 11) is 0. The Balaban J connectivity index is 1.66. The van der Waals surface area contributed by atoms with Crippen LogP contribution in [0.3, 0.4) is 0 Å². The Bertz CT molecular complexity index is 1810. The molecule has 4 heterocycles. The van der Waals surface area contributed by atoms with Crippen LogP contribution in [0.25, 0.3) is 50.3 Å². The number of aromatic amines is 1. The van der Waals surface area contributed by atoms with Crippen molar-refractivity contribution in [3.05, 3.63) is 118 Å². The third-order valence-corrected chi connectivity index (χ3v) is 5.69. The van der Waals surface area contributed by atoms with Crippen LogP contribution in [0.4, 0.5) is 0 Å². The van der Waals surface area contributed by atoms with E-state index in [4.69, 9.17) is 9.97 Å². The smallest absolute Gasteiger partial charge is 0.255 e. The van der Waals surface area contributed by atoms with Crippen molar-refractivity contribution >= 4 is 22.1 Å². The number of aromatic nitrogens is 5. The highest BCUT2D eigenvalue weighted by Crippen LogP contribution is 2.31. The summed E-state index contributed by atoms with van der Waals surface area (Å²) in [5, 5.41) is 0.958. The Morgan fingerprint density at radius 1 is 0.765 bits per heavy atom. The molecule has 0 radical (unpaired) electrons. The van der Waals surface area contributed by atoms with Crippen molar-refractivity contribution in [3.8, 4) is 28.2 Å². The van der Waals surface area contributed by atoms with E-state index in [2.05, 4.69) is 9.97 Å². The summed E-state index contributed by atoms with van der Waals surface area (Å²) in [4.78, 5) is 42.8. The van der Waals surface area contributed by atoms with E-state index in [0.29, 0.717) is 17.0 Å². The minimum Gasteiger partial charge on any atom is -0.342 e. The highest BCUT2D eigenvalue weighted by molar-refractivity contribution is 5.89. The second-order valence-electron chi connectivity index (χ2n) is 7.81. The van der Waals surface area contributed by atoms with E-state index in [-0.39, 0.29) is 22.2 Å². The van der Waals surface area contributed by atoms with Crippen molar-refractivity contribution in [2.75, 3.05) is 0 Å². The summed E-state index contributed by atoms with van der Waals surface area (Å²) in [6, 6.07) is 24.2. The van der Waals surface area contributed by atoms with Gasteiger partial charge in [0.1, 0.15) is 5.69 Å². The number of pyridine rings is 3. The fraction of sp³-hybridized carbons (Fsp3) is 0. The van der Waals surface area contributed by atoms with Crippen molar-refractivity contribution in [3.63, 3.8) is 0 Å². The first-order chi connectivity index (χ1) is 16.7. The molecule has 1 N–H and O–H groups in total. The Hall–Kier alpha value is -4.91. The van der Waals surface area contributed by atoms with E-state index < -0.39 is 0 Å². The molecular formula is C27H17N5O2. The number of hydrogen-bond acceptors (Lipinski definition) is 5. The number of fused-ring (bicyclic) bond motifs is 2. The highest BCUT2D eigenvalue weighted by Gasteiger charge is 2.17. The van der Waals surface area contributed by atoms with E-state index >= 15 is 0 Å². The molecule has 6 aromatic rings. The van der Waals surface area contributed by atoms with Crippen LogP contribution < -0.4 is 11.0 Å². The maximum atomic E-state index is 13.4. The zero-order valence-corrected chi connectivity index (χ0v) is 17.8. The van der Waals surface area contributed by atoms with Crippen LogP contribution in [0.2, 0.25) is 0 Å². The van der Waals surface area contributed by atoms with E-state index in [9.17, 15) is 9.59 Å². The van der Waals surface area contributed by atoms with Crippen LogP contribution in [-0.2, 0) is 0 Å². The molecule has 7 heteroatoms. The molecule has 4 aromatic heterocycles. The molecule has 7 nitrogen and oxygen atoms in total. The van der Waals surface area contributed by atoms with Gasteiger partial charge >= 0.3 is 0 Å². The SMILES string of the molecule is O=c1c(-n2ccccc2=O)c[nH]c2nc(-c3ccccc3)c(-c3ccc4ncccc4c3)nc12. The van der Waals surface area contributed by atoms with Gasteiger partial charge in [0.2, 0.25) is 5.43 Å². The van der Waals surface area contributed by atoms with E-state index in [1.165, 1.54) is 16.8 Å². The molecule has 0 aliphatic rings. The molecule has 0 unspecified atom stereocenters. The molecule has 2 aromatic carbocycles. The lowest BCUT2D eigenvalue weighted by Gasteiger charge is -2.12. The van der Waals surface area contributed by atoms with E-state index in [0.717, 1.165) is 22.0 Å². The van der Waals surface area contributed by atoms with Gasteiger partial charge in [-0.15, -0.1) is 0 Å². The number of rotatable bonds is 3. The number of hydrogen-bond donors (Lipinski definition) is 1. The largest absolute Gasteiger partial charge is 0.342 e. The normalized spacial score (nSPS) is 11.2. The summed E-state index contributed by atoms with van der Waals surface area (Å²) in [6.45, 7) is 0. The zero-order valence-electron chi connectivity index (χ0n) is 17.8. The number of nitrogens with one attached hydrogen (secondary N) is 1. The number of nitrogens with zero attached hydrogens (tertiary/aromatic N) is 4. The van der Waals surface area contributed by atoms with Gasteiger partial charge in [-0.3, -0.25) is 19.1 Å². The van der Waals surface area contributed by atoms with Gasteiger partial charge in [0, 0.05) is 41.2 Å². The van der Waals surface area contributed by atoms with E-state index in [1.54, 1.807) is 24.5 Å². The van der Waals surface area contributed by atoms with Crippen LogP contribution in [0.1, 0.15) is 0 Å². The Morgan fingerprint density at radius 3 is 2.44 bits per heavy atom. The third kappa shape index (κ3) is 3.27. The lowest BCUT2D eigenvalue weighted by atomic mass is 10.0. The molecule has 6 rings (SSSR count).